The summed E-state index contributed by atoms with van der Waals surface area (Å²) in [5.41, 5.74) is 3.96. The van der Waals surface area contributed by atoms with E-state index >= 15 is 0 Å². The maximum Gasteiger partial charge on any atom is 0.407 e. The third kappa shape index (κ3) is 3.64. The van der Waals surface area contributed by atoms with Gasteiger partial charge in [0.2, 0.25) is 0 Å². The van der Waals surface area contributed by atoms with Crippen LogP contribution in [0, 0.1) is 6.92 Å². The molecule has 0 saturated heterocycles. The van der Waals surface area contributed by atoms with E-state index < -0.39 is 6.09 Å². The van der Waals surface area contributed by atoms with E-state index in [4.69, 9.17) is 9.72 Å². The second-order valence-electron chi connectivity index (χ2n) is 7.65. The maximum atomic E-state index is 12.5. The normalized spacial score (nSPS) is 20.7. The third-order valence-corrected chi connectivity index (χ3v) is 5.78. The van der Waals surface area contributed by atoms with Crippen LogP contribution in [-0.4, -0.2) is 46.0 Å². The number of ether oxygens (including phenoxy) is 1. The molecule has 0 spiro atoms. The van der Waals surface area contributed by atoms with Crippen molar-refractivity contribution in [2.45, 2.75) is 51.2 Å². The Bertz CT molecular complexity index is 954. The Hall–Kier alpha value is -3.10. The minimum Gasteiger partial charge on any atom is -0.453 e. The Labute approximate surface area is 169 Å². The van der Waals surface area contributed by atoms with Gasteiger partial charge in [-0.2, -0.15) is 5.10 Å². The highest BCUT2D eigenvalue weighted by Crippen LogP contribution is 2.34. The number of nitrogens with one attached hydrogen (secondary N) is 3. The summed E-state index contributed by atoms with van der Waals surface area (Å²) in [4.78, 5) is 29.0. The molecule has 2 amide bonds. The molecular weight excluding hydrogens is 372 g/mol. The summed E-state index contributed by atoms with van der Waals surface area (Å²) in [6.45, 7) is 2.46. The predicted molar refractivity (Wildman–Crippen MR) is 108 cm³/mol. The molecule has 1 aliphatic heterocycles. The van der Waals surface area contributed by atoms with E-state index in [1.807, 2.05) is 20.2 Å². The minimum atomic E-state index is -0.423. The van der Waals surface area contributed by atoms with Gasteiger partial charge in [-0.05, 0) is 30.9 Å². The van der Waals surface area contributed by atoms with E-state index in [-0.39, 0.29) is 18.0 Å². The van der Waals surface area contributed by atoms with Crippen LogP contribution >= 0.6 is 0 Å². The first-order chi connectivity index (χ1) is 14.0. The molecule has 3 N–H and O–H groups in total. The van der Waals surface area contributed by atoms with Crippen LogP contribution in [0.2, 0.25) is 0 Å². The highest BCUT2D eigenvalue weighted by Gasteiger charge is 2.31. The molecule has 2 atom stereocenters. The predicted octanol–water partition coefficient (Wildman–Crippen LogP) is 2.11. The quantitative estimate of drug-likeness (QED) is 0.728. The fourth-order valence-electron chi connectivity index (χ4n) is 4.20. The van der Waals surface area contributed by atoms with Crippen molar-refractivity contribution < 1.29 is 14.3 Å². The molecule has 0 bridgehead atoms. The first kappa shape index (κ1) is 19.2. The van der Waals surface area contributed by atoms with Gasteiger partial charge < -0.3 is 20.7 Å². The van der Waals surface area contributed by atoms with Crippen LogP contribution in [0.15, 0.2) is 12.4 Å². The van der Waals surface area contributed by atoms with E-state index in [2.05, 4.69) is 21.0 Å². The van der Waals surface area contributed by atoms with Crippen molar-refractivity contribution in [1.82, 2.24) is 25.4 Å². The molecule has 0 unspecified atom stereocenters. The molecule has 4 rings (SSSR count). The third-order valence-electron chi connectivity index (χ3n) is 5.78. The van der Waals surface area contributed by atoms with Crippen molar-refractivity contribution in [2.24, 2.45) is 7.05 Å². The zero-order chi connectivity index (χ0) is 20.5. The largest absolute Gasteiger partial charge is 0.453 e. The lowest BCUT2D eigenvalue weighted by atomic mass is 9.90. The van der Waals surface area contributed by atoms with Crippen LogP contribution in [0.4, 0.5) is 10.6 Å². The van der Waals surface area contributed by atoms with Crippen LogP contribution in [0.5, 0.6) is 0 Å². The Kier molecular flexibility index (Phi) is 5.12. The number of pyridine rings is 1. The Balaban J connectivity index is 1.70. The average Bonchev–Trinajstić information content (AvgIpc) is 3.32. The van der Waals surface area contributed by atoms with Crippen molar-refractivity contribution in [3.05, 3.63) is 29.1 Å². The number of carbonyl (C=O) groups is 2. The van der Waals surface area contributed by atoms with Gasteiger partial charge in [-0.3, -0.25) is 9.48 Å². The number of amides is 2. The standard InChI is InChI=1S/C20H26N6O3/c1-11-13-9-21-19(27)16(13)17(12-8-22-26(2)10-12)25-18(11)23-14-6-4-5-7-15(14)24-20(28)29-3/h8,10,14-15H,4-7,9H2,1-3H3,(H,21,27)(H,23,25)(H,24,28)/t14-,15+/m1/s1. The van der Waals surface area contributed by atoms with Gasteiger partial charge in [0.25, 0.3) is 5.91 Å². The van der Waals surface area contributed by atoms with Gasteiger partial charge in [-0.1, -0.05) is 12.8 Å². The molecule has 2 aromatic heterocycles. The zero-order valence-corrected chi connectivity index (χ0v) is 16.9. The van der Waals surface area contributed by atoms with E-state index in [9.17, 15) is 9.59 Å². The number of aromatic nitrogens is 3. The van der Waals surface area contributed by atoms with E-state index in [0.29, 0.717) is 17.8 Å². The summed E-state index contributed by atoms with van der Waals surface area (Å²) in [6.07, 6.45) is 7.09. The molecule has 1 aliphatic carbocycles. The zero-order valence-electron chi connectivity index (χ0n) is 16.9. The SMILES string of the molecule is COC(=O)N[C@H]1CCCC[C@H]1Nc1nc(-c2cnn(C)c2)c2c(c1C)CNC2=O. The lowest BCUT2D eigenvalue weighted by Gasteiger charge is -2.33. The summed E-state index contributed by atoms with van der Waals surface area (Å²) in [6, 6.07) is 0.00571. The van der Waals surface area contributed by atoms with Crippen molar-refractivity contribution in [2.75, 3.05) is 12.4 Å². The van der Waals surface area contributed by atoms with Gasteiger partial charge in [-0.25, -0.2) is 9.78 Å². The van der Waals surface area contributed by atoms with E-state index in [1.54, 1.807) is 10.9 Å². The molecule has 1 fully saturated rings. The number of nitrogens with zero attached hydrogens (tertiary/aromatic N) is 3. The molecule has 1 saturated carbocycles. The molecule has 9 heteroatoms. The van der Waals surface area contributed by atoms with Gasteiger partial charge in [-0.15, -0.1) is 0 Å². The summed E-state index contributed by atoms with van der Waals surface area (Å²) in [5, 5.41) is 13.6. The van der Waals surface area contributed by atoms with E-state index in [0.717, 1.165) is 48.2 Å². The minimum absolute atomic E-state index is 0.0350. The van der Waals surface area contributed by atoms with Gasteiger partial charge in [0.1, 0.15) is 5.82 Å². The second-order valence-corrected chi connectivity index (χ2v) is 7.65. The van der Waals surface area contributed by atoms with Gasteiger partial charge in [0, 0.05) is 31.4 Å². The van der Waals surface area contributed by atoms with Crippen molar-refractivity contribution >= 4 is 17.8 Å². The smallest absolute Gasteiger partial charge is 0.407 e. The lowest BCUT2D eigenvalue weighted by molar-refractivity contribution is 0.0966. The first-order valence-corrected chi connectivity index (χ1v) is 9.89. The van der Waals surface area contributed by atoms with Gasteiger partial charge in [0.15, 0.2) is 0 Å². The molecule has 0 radical (unpaired) electrons. The molecular formula is C20H26N6O3. The first-order valence-electron chi connectivity index (χ1n) is 9.89. The fourth-order valence-corrected chi connectivity index (χ4v) is 4.20. The Morgan fingerprint density at radius 3 is 2.76 bits per heavy atom. The molecule has 9 nitrogen and oxygen atoms in total. The van der Waals surface area contributed by atoms with Gasteiger partial charge in [0.05, 0.1) is 30.6 Å². The van der Waals surface area contributed by atoms with Crippen LogP contribution in [-0.2, 0) is 18.3 Å². The summed E-state index contributed by atoms with van der Waals surface area (Å²) in [7, 11) is 3.21. The average molecular weight is 398 g/mol. The topological polar surface area (TPSA) is 110 Å². The number of fused-ring (bicyclic) bond motifs is 1. The van der Waals surface area contributed by atoms with Crippen molar-refractivity contribution in [3.63, 3.8) is 0 Å². The van der Waals surface area contributed by atoms with Crippen molar-refractivity contribution in [3.8, 4) is 11.3 Å². The Morgan fingerprint density at radius 1 is 1.31 bits per heavy atom. The number of carbonyl (C=O) groups excluding carboxylic acids is 2. The number of anilines is 1. The molecule has 3 heterocycles. The van der Waals surface area contributed by atoms with Crippen LogP contribution in [0.1, 0.15) is 47.2 Å². The molecule has 2 aromatic rings. The number of rotatable bonds is 4. The monoisotopic (exact) mass is 398 g/mol. The number of hydrogen-bond acceptors (Lipinski definition) is 6. The van der Waals surface area contributed by atoms with Crippen LogP contribution in [0.3, 0.4) is 0 Å². The molecule has 0 aromatic carbocycles. The maximum absolute atomic E-state index is 12.5. The number of aryl methyl sites for hydroxylation is 1. The molecule has 154 valence electrons. The van der Waals surface area contributed by atoms with E-state index in [1.165, 1.54) is 7.11 Å². The highest BCUT2D eigenvalue weighted by atomic mass is 16.5. The fraction of sp³-hybridized carbons (Fsp3) is 0.500. The Morgan fingerprint density at radius 2 is 2.07 bits per heavy atom. The molecule has 2 aliphatic rings. The summed E-state index contributed by atoms with van der Waals surface area (Å²) >= 11 is 0. The second kappa shape index (κ2) is 7.73. The lowest BCUT2D eigenvalue weighted by Crippen LogP contribution is -2.48. The summed E-state index contributed by atoms with van der Waals surface area (Å²) < 4.78 is 6.47. The van der Waals surface area contributed by atoms with Crippen molar-refractivity contribution in [1.29, 1.82) is 0 Å². The number of alkyl carbamates (subject to hydrolysis) is 1. The highest BCUT2D eigenvalue weighted by molar-refractivity contribution is 6.04. The number of methoxy groups -OCH3 is 1. The number of hydrogen-bond donors (Lipinski definition) is 3. The summed E-state index contributed by atoms with van der Waals surface area (Å²) in [5.74, 6) is 0.631. The van der Waals surface area contributed by atoms with Crippen LogP contribution in [0.25, 0.3) is 11.3 Å². The van der Waals surface area contributed by atoms with Crippen LogP contribution < -0.4 is 16.0 Å². The van der Waals surface area contributed by atoms with Gasteiger partial charge >= 0.3 is 6.09 Å². The molecule has 29 heavy (non-hydrogen) atoms.